The highest BCUT2D eigenvalue weighted by Gasteiger charge is 2.21. The molecule has 0 fully saturated rings. The highest BCUT2D eigenvalue weighted by atomic mass is 16.5. The topological polar surface area (TPSA) is 60.7 Å². The molecule has 0 amide bonds. The fourth-order valence-electron chi connectivity index (χ4n) is 3.35. The van der Waals surface area contributed by atoms with Gasteiger partial charge in [-0.3, -0.25) is 4.79 Å². The Hall–Kier alpha value is -2.95. The zero-order chi connectivity index (χ0) is 16.8. The molecule has 5 heteroatoms. The first-order valence-electron chi connectivity index (χ1n) is 7.74. The number of aromatic hydroxyl groups is 1. The monoisotopic (exact) mass is 323 g/mol. The lowest BCUT2D eigenvalue weighted by Gasteiger charge is -2.25. The first kappa shape index (κ1) is 14.6. The Morgan fingerprint density at radius 3 is 2.58 bits per heavy atom. The number of nitrogens with zero attached hydrogens (tertiary/aromatic N) is 1. The maximum Gasteiger partial charge on any atom is 0.229 e. The lowest BCUT2D eigenvalue weighted by atomic mass is 9.93. The summed E-state index contributed by atoms with van der Waals surface area (Å²) < 4.78 is 12.4. The van der Waals surface area contributed by atoms with Gasteiger partial charge in [0, 0.05) is 29.6 Å². The predicted molar refractivity (Wildman–Crippen MR) is 91.2 cm³/mol. The van der Waals surface area contributed by atoms with Crippen LogP contribution in [0, 0.1) is 0 Å². The molecule has 0 saturated carbocycles. The highest BCUT2D eigenvalue weighted by Crippen LogP contribution is 2.39. The van der Waals surface area contributed by atoms with Crippen molar-refractivity contribution in [2.75, 3.05) is 14.2 Å². The van der Waals surface area contributed by atoms with Crippen LogP contribution in [0.2, 0.25) is 0 Å². The highest BCUT2D eigenvalue weighted by molar-refractivity contribution is 5.77. The number of hydrogen-bond acceptors (Lipinski definition) is 4. The van der Waals surface area contributed by atoms with E-state index in [-0.39, 0.29) is 11.2 Å². The lowest BCUT2D eigenvalue weighted by molar-refractivity contribution is 0.373. The van der Waals surface area contributed by atoms with Gasteiger partial charge in [0.15, 0.2) is 17.2 Å². The number of rotatable bonds is 2. The van der Waals surface area contributed by atoms with E-state index >= 15 is 0 Å². The molecule has 0 spiro atoms. The van der Waals surface area contributed by atoms with Gasteiger partial charge in [0.25, 0.3) is 0 Å². The van der Waals surface area contributed by atoms with Crippen LogP contribution in [-0.4, -0.2) is 23.9 Å². The van der Waals surface area contributed by atoms with Crippen molar-refractivity contribution in [2.45, 2.75) is 13.0 Å². The number of hydrogen-bond donors (Lipinski definition) is 1. The molecule has 2 heterocycles. The minimum absolute atomic E-state index is 0.103. The quantitative estimate of drug-likeness (QED) is 0.788. The van der Waals surface area contributed by atoms with Crippen molar-refractivity contribution >= 4 is 0 Å². The van der Waals surface area contributed by atoms with Gasteiger partial charge in [-0.15, -0.1) is 0 Å². The Kier molecular flexibility index (Phi) is 3.23. The van der Waals surface area contributed by atoms with E-state index in [1.807, 2.05) is 24.4 Å². The van der Waals surface area contributed by atoms with Crippen molar-refractivity contribution in [1.29, 1.82) is 0 Å². The molecule has 0 saturated heterocycles. The summed E-state index contributed by atoms with van der Waals surface area (Å²) in [5.41, 5.74) is 4.46. The Morgan fingerprint density at radius 2 is 1.83 bits per heavy atom. The number of phenolic OH excluding ortho intramolecular Hbond substituents is 1. The second-order valence-corrected chi connectivity index (χ2v) is 5.88. The number of fused-ring (bicyclic) bond motifs is 4. The average Bonchev–Trinajstić information content (AvgIpc) is 2.60. The van der Waals surface area contributed by atoms with Crippen molar-refractivity contribution in [3.8, 4) is 39.6 Å². The second-order valence-electron chi connectivity index (χ2n) is 5.88. The third-order valence-corrected chi connectivity index (χ3v) is 4.60. The SMILES string of the molecule is COc1cc2c(cc1O)-c1cc3ccc(OC)c(=O)c-3cn1CC2. The van der Waals surface area contributed by atoms with E-state index in [0.29, 0.717) is 17.1 Å². The first-order valence-corrected chi connectivity index (χ1v) is 7.74. The number of benzene rings is 2. The fourth-order valence-corrected chi connectivity index (χ4v) is 3.35. The Balaban J connectivity index is 1.97. The summed E-state index contributed by atoms with van der Waals surface area (Å²) in [6, 6.07) is 9.17. The van der Waals surface area contributed by atoms with Crippen LogP contribution >= 0.6 is 0 Å². The van der Waals surface area contributed by atoms with Crippen molar-refractivity contribution in [3.05, 3.63) is 52.3 Å². The van der Waals surface area contributed by atoms with E-state index in [4.69, 9.17) is 9.47 Å². The molecule has 1 N–H and O–H groups in total. The van der Waals surface area contributed by atoms with Gasteiger partial charge in [-0.05, 0) is 41.8 Å². The number of aromatic nitrogens is 1. The van der Waals surface area contributed by atoms with Crippen molar-refractivity contribution in [1.82, 2.24) is 4.57 Å². The summed E-state index contributed by atoms with van der Waals surface area (Å²) >= 11 is 0. The van der Waals surface area contributed by atoms with E-state index in [1.165, 1.54) is 7.11 Å². The van der Waals surface area contributed by atoms with Crippen LogP contribution in [0.5, 0.6) is 17.2 Å². The molecular weight excluding hydrogens is 306 g/mol. The van der Waals surface area contributed by atoms with Gasteiger partial charge in [0.1, 0.15) is 0 Å². The van der Waals surface area contributed by atoms with Crippen LogP contribution in [0.25, 0.3) is 22.4 Å². The largest absolute Gasteiger partial charge is 0.504 e. The molecule has 1 aromatic rings. The minimum atomic E-state index is -0.103. The first-order chi connectivity index (χ1) is 11.6. The third-order valence-electron chi connectivity index (χ3n) is 4.60. The number of phenols is 1. The molecule has 0 radical (unpaired) electrons. The van der Waals surface area contributed by atoms with Gasteiger partial charge in [0.05, 0.1) is 14.2 Å². The maximum atomic E-state index is 12.4. The second kappa shape index (κ2) is 5.30. The molecule has 2 aliphatic heterocycles. The number of methoxy groups -OCH3 is 2. The normalized spacial score (nSPS) is 12.6. The summed E-state index contributed by atoms with van der Waals surface area (Å²) in [5, 5.41) is 10.1. The van der Waals surface area contributed by atoms with E-state index in [0.717, 1.165) is 35.3 Å². The molecule has 5 nitrogen and oxygen atoms in total. The zero-order valence-electron chi connectivity index (χ0n) is 13.5. The zero-order valence-corrected chi connectivity index (χ0v) is 13.5. The minimum Gasteiger partial charge on any atom is -0.504 e. The van der Waals surface area contributed by atoms with Gasteiger partial charge in [-0.2, -0.15) is 0 Å². The maximum absolute atomic E-state index is 12.4. The van der Waals surface area contributed by atoms with Crippen molar-refractivity contribution in [2.24, 2.45) is 0 Å². The molecule has 24 heavy (non-hydrogen) atoms. The summed E-state index contributed by atoms with van der Waals surface area (Å²) in [5.74, 6) is 0.945. The lowest BCUT2D eigenvalue weighted by Crippen LogP contribution is -2.17. The summed E-state index contributed by atoms with van der Waals surface area (Å²) in [7, 11) is 3.05. The average molecular weight is 323 g/mol. The van der Waals surface area contributed by atoms with Gasteiger partial charge < -0.3 is 19.1 Å². The van der Waals surface area contributed by atoms with Gasteiger partial charge in [-0.25, -0.2) is 0 Å². The molecule has 1 aromatic carbocycles. The number of aryl methyl sites for hydroxylation is 2. The summed E-state index contributed by atoms with van der Waals surface area (Å²) in [4.78, 5) is 12.4. The Bertz CT molecular complexity index is 974. The third kappa shape index (κ3) is 2.05. The Morgan fingerprint density at radius 1 is 1.04 bits per heavy atom. The van der Waals surface area contributed by atoms with Crippen molar-refractivity contribution < 1.29 is 14.6 Å². The summed E-state index contributed by atoms with van der Waals surface area (Å²) in [6.07, 6.45) is 2.69. The smallest absolute Gasteiger partial charge is 0.229 e. The van der Waals surface area contributed by atoms with Crippen LogP contribution < -0.4 is 14.9 Å². The molecule has 0 unspecified atom stereocenters. The fraction of sp³-hybridized carbons (Fsp3) is 0.211. The molecule has 0 bridgehead atoms. The van der Waals surface area contributed by atoms with Crippen molar-refractivity contribution in [3.63, 3.8) is 0 Å². The van der Waals surface area contributed by atoms with E-state index in [2.05, 4.69) is 4.57 Å². The van der Waals surface area contributed by atoms with Crippen LogP contribution in [-0.2, 0) is 13.0 Å². The molecule has 0 aromatic heterocycles. The molecule has 4 rings (SSSR count). The van der Waals surface area contributed by atoms with Crippen LogP contribution in [0.15, 0.2) is 41.3 Å². The molecular formula is C19H17NO4. The van der Waals surface area contributed by atoms with Gasteiger partial charge in [0.2, 0.25) is 5.43 Å². The van der Waals surface area contributed by atoms with Crippen LogP contribution in [0.1, 0.15) is 5.56 Å². The van der Waals surface area contributed by atoms with Gasteiger partial charge >= 0.3 is 0 Å². The standard InChI is InChI=1S/C19H17NO4/c1-23-17-4-3-11-7-15-13-9-16(21)18(24-2)8-12(13)5-6-20(15)10-14(11)19(17)22/h3-4,7-10,21H,5-6H2,1-2H3. The van der Waals surface area contributed by atoms with Crippen LogP contribution in [0.3, 0.4) is 0 Å². The van der Waals surface area contributed by atoms with E-state index in [1.54, 1.807) is 19.2 Å². The molecule has 1 aliphatic carbocycles. The van der Waals surface area contributed by atoms with E-state index in [9.17, 15) is 9.90 Å². The molecule has 122 valence electrons. The molecule has 3 aliphatic rings. The number of pyridine rings is 1. The van der Waals surface area contributed by atoms with Crippen LogP contribution in [0.4, 0.5) is 0 Å². The number of ether oxygens (including phenoxy) is 2. The van der Waals surface area contributed by atoms with Gasteiger partial charge in [-0.1, -0.05) is 6.07 Å². The predicted octanol–water partition coefficient (Wildman–Crippen LogP) is 2.90. The summed E-state index contributed by atoms with van der Waals surface area (Å²) in [6.45, 7) is 0.767. The molecule has 0 atom stereocenters. The Labute approximate surface area is 139 Å². The van der Waals surface area contributed by atoms with E-state index < -0.39 is 0 Å².